The molecular weight excluding hydrogens is 556 g/mol. The number of aliphatic hydroxyl groups is 1. The number of H-pyrrole nitrogens is 1. The Balaban J connectivity index is 0.886. The van der Waals surface area contributed by atoms with E-state index in [2.05, 4.69) is 49.8 Å². The van der Waals surface area contributed by atoms with Crippen molar-refractivity contribution in [3.63, 3.8) is 0 Å². The minimum Gasteiger partial charge on any atom is -0.493 e. The Morgan fingerprint density at radius 1 is 1.23 bits per heavy atom. The molecule has 4 aromatic rings. The van der Waals surface area contributed by atoms with Crippen molar-refractivity contribution in [1.82, 2.24) is 30.2 Å². The third kappa shape index (κ3) is 5.48. The standard InChI is InChI=1S/C34H40N6O4/c1-43-29-10-9-24-20-39(17-14-34-13-11-26(41)18-30(34)44-33(29)32(24)34)16-5-4-6-25-21-40(38-37-25)22-31(42)35-15-12-23-19-36-28-8-3-2-7-27(23)28/h2-3,7-11,13,19,21,26,30,36,41H,4-6,12,14-18,20,22H2,1H3,(H,35,42)/t26-,30-,34-/m0/s1. The van der Waals surface area contributed by atoms with E-state index < -0.39 is 6.10 Å². The predicted molar refractivity (Wildman–Crippen MR) is 167 cm³/mol. The topological polar surface area (TPSA) is 118 Å². The van der Waals surface area contributed by atoms with Crippen molar-refractivity contribution in [2.24, 2.45) is 0 Å². The van der Waals surface area contributed by atoms with E-state index >= 15 is 0 Å². The number of nitrogens with one attached hydrogen (secondary N) is 2. The lowest BCUT2D eigenvalue weighted by molar-refractivity contribution is -0.121. The predicted octanol–water partition coefficient (Wildman–Crippen LogP) is 3.68. The summed E-state index contributed by atoms with van der Waals surface area (Å²) in [6.45, 7) is 3.56. The van der Waals surface area contributed by atoms with Crippen molar-refractivity contribution >= 4 is 16.8 Å². The highest BCUT2D eigenvalue weighted by Gasteiger charge is 2.52. The van der Waals surface area contributed by atoms with Crippen LogP contribution in [-0.4, -0.2) is 74.8 Å². The zero-order valence-electron chi connectivity index (χ0n) is 25.2. The van der Waals surface area contributed by atoms with Gasteiger partial charge in [-0.05, 0) is 68.5 Å². The second-order valence-corrected chi connectivity index (χ2v) is 12.3. The Morgan fingerprint density at radius 2 is 2.14 bits per heavy atom. The number of aliphatic hydroxyl groups excluding tert-OH is 1. The first-order valence-corrected chi connectivity index (χ1v) is 15.7. The van der Waals surface area contributed by atoms with Crippen LogP contribution >= 0.6 is 0 Å². The monoisotopic (exact) mass is 596 g/mol. The fourth-order valence-electron chi connectivity index (χ4n) is 7.24. The summed E-state index contributed by atoms with van der Waals surface area (Å²) in [7, 11) is 1.69. The van der Waals surface area contributed by atoms with Gasteiger partial charge in [-0.2, -0.15) is 0 Å². The summed E-state index contributed by atoms with van der Waals surface area (Å²) >= 11 is 0. The molecule has 2 aromatic heterocycles. The van der Waals surface area contributed by atoms with Crippen LogP contribution in [-0.2, 0) is 36.1 Å². The fraction of sp³-hybridized carbons (Fsp3) is 0.441. The summed E-state index contributed by atoms with van der Waals surface area (Å²) in [6, 6.07) is 12.4. The minimum absolute atomic E-state index is 0.0654. The molecule has 2 aromatic carbocycles. The molecule has 1 amide bonds. The van der Waals surface area contributed by atoms with Crippen molar-refractivity contribution in [1.29, 1.82) is 0 Å². The van der Waals surface area contributed by atoms with Gasteiger partial charge in [0, 0.05) is 48.4 Å². The highest BCUT2D eigenvalue weighted by Crippen LogP contribution is 2.55. The number of carbonyl (C=O) groups is 1. The number of amides is 1. The second-order valence-electron chi connectivity index (χ2n) is 12.3. The molecule has 0 radical (unpaired) electrons. The summed E-state index contributed by atoms with van der Waals surface area (Å²) in [4.78, 5) is 18.3. The van der Waals surface area contributed by atoms with E-state index in [1.165, 1.54) is 22.1 Å². The number of para-hydroxylation sites is 1. The molecule has 2 aliphatic heterocycles. The van der Waals surface area contributed by atoms with Gasteiger partial charge >= 0.3 is 0 Å². The van der Waals surface area contributed by atoms with Crippen LogP contribution in [0.25, 0.3) is 10.9 Å². The SMILES string of the molecule is COc1ccc2c3c1O[C@H]1C[C@@H](O)C=C[C@@]31CCN(CCCCc1cn(CC(=O)NCCc3c[nH]c4ccccc34)nn1)C2. The van der Waals surface area contributed by atoms with Gasteiger partial charge in [0.1, 0.15) is 12.6 Å². The van der Waals surface area contributed by atoms with Gasteiger partial charge < -0.3 is 24.9 Å². The number of nitrogens with zero attached hydrogens (tertiary/aromatic N) is 4. The van der Waals surface area contributed by atoms with Crippen molar-refractivity contribution in [3.05, 3.63) is 83.3 Å². The second kappa shape index (κ2) is 12.1. The smallest absolute Gasteiger partial charge is 0.241 e. The minimum atomic E-state index is -0.475. The average Bonchev–Trinajstić information content (AvgIpc) is 3.71. The molecule has 3 atom stereocenters. The number of aromatic nitrogens is 4. The molecule has 0 fully saturated rings. The van der Waals surface area contributed by atoms with Crippen LogP contribution in [0.15, 0.2) is 60.9 Å². The van der Waals surface area contributed by atoms with Crippen LogP contribution in [0.3, 0.4) is 0 Å². The maximum Gasteiger partial charge on any atom is 0.241 e. The lowest BCUT2D eigenvalue weighted by Gasteiger charge is -2.35. The maximum atomic E-state index is 12.5. The third-order valence-corrected chi connectivity index (χ3v) is 9.48. The highest BCUT2D eigenvalue weighted by atomic mass is 16.5. The number of aromatic amines is 1. The Hall–Kier alpha value is -4.15. The number of methoxy groups -OCH3 is 1. The van der Waals surface area contributed by atoms with E-state index in [1.807, 2.05) is 36.7 Å². The Morgan fingerprint density at radius 3 is 3.05 bits per heavy atom. The molecule has 0 saturated heterocycles. The molecule has 1 aliphatic carbocycles. The molecule has 230 valence electrons. The van der Waals surface area contributed by atoms with Crippen molar-refractivity contribution in [2.75, 3.05) is 26.7 Å². The summed E-state index contributed by atoms with van der Waals surface area (Å²) in [5.41, 5.74) is 5.53. The zero-order valence-corrected chi connectivity index (χ0v) is 25.2. The number of benzene rings is 2. The number of aryl methyl sites for hydroxylation is 1. The summed E-state index contributed by atoms with van der Waals surface area (Å²) in [5.74, 6) is 1.55. The number of unbranched alkanes of at least 4 members (excludes halogenated alkanes) is 1. The Kier molecular flexibility index (Phi) is 7.86. The van der Waals surface area contributed by atoms with Gasteiger partial charge in [-0.3, -0.25) is 9.69 Å². The summed E-state index contributed by atoms with van der Waals surface area (Å²) in [5, 5.41) is 23.0. The number of carbonyl (C=O) groups excluding carboxylic acids is 1. The van der Waals surface area contributed by atoms with Crippen LogP contribution in [0.1, 0.15) is 48.1 Å². The number of rotatable bonds is 11. The first-order chi connectivity index (χ1) is 21.5. The first-order valence-electron chi connectivity index (χ1n) is 15.7. The molecule has 1 spiro atoms. The van der Waals surface area contributed by atoms with Crippen LogP contribution in [0.4, 0.5) is 0 Å². The average molecular weight is 597 g/mol. The highest BCUT2D eigenvalue weighted by molar-refractivity contribution is 5.83. The van der Waals surface area contributed by atoms with Crippen LogP contribution in [0, 0.1) is 0 Å². The largest absolute Gasteiger partial charge is 0.493 e. The molecule has 0 bridgehead atoms. The maximum absolute atomic E-state index is 12.5. The molecule has 0 saturated carbocycles. The van der Waals surface area contributed by atoms with Gasteiger partial charge in [-0.15, -0.1) is 5.10 Å². The van der Waals surface area contributed by atoms with E-state index in [0.29, 0.717) is 13.0 Å². The molecule has 3 N–H and O–H groups in total. The van der Waals surface area contributed by atoms with E-state index in [0.717, 1.165) is 74.4 Å². The van der Waals surface area contributed by atoms with E-state index in [-0.39, 0.29) is 24.0 Å². The molecule has 44 heavy (non-hydrogen) atoms. The summed E-state index contributed by atoms with van der Waals surface area (Å²) < 4.78 is 13.7. The lowest BCUT2D eigenvalue weighted by atomic mass is 9.69. The molecule has 10 nitrogen and oxygen atoms in total. The molecule has 3 aliphatic rings. The van der Waals surface area contributed by atoms with Crippen molar-refractivity contribution < 1.29 is 19.4 Å². The van der Waals surface area contributed by atoms with E-state index in [4.69, 9.17) is 9.47 Å². The van der Waals surface area contributed by atoms with Crippen LogP contribution < -0.4 is 14.8 Å². The molecule has 7 rings (SSSR count). The third-order valence-electron chi connectivity index (χ3n) is 9.48. The zero-order chi connectivity index (χ0) is 30.1. The number of hydrogen-bond donors (Lipinski definition) is 3. The van der Waals surface area contributed by atoms with Gasteiger partial charge in [0.05, 0.1) is 24.3 Å². The van der Waals surface area contributed by atoms with Gasteiger partial charge in [0.25, 0.3) is 0 Å². The number of hydrogen-bond acceptors (Lipinski definition) is 7. The number of fused-ring (bicyclic) bond motifs is 1. The normalized spacial score (nSPS) is 22.3. The molecule has 10 heteroatoms. The molecule has 0 unspecified atom stereocenters. The van der Waals surface area contributed by atoms with E-state index in [1.54, 1.807) is 11.8 Å². The first kappa shape index (κ1) is 28.6. The van der Waals surface area contributed by atoms with Crippen molar-refractivity contribution in [2.45, 2.75) is 69.2 Å². The Labute approximate surface area is 257 Å². The van der Waals surface area contributed by atoms with Gasteiger partial charge in [0.15, 0.2) is 11.5 Å². The number of ether oxygens (including phenoxy) is 2. The Bertz CT molecular complexity index is 1680. The van der Waals surface area contributed by atoms with Crippen molar-refractivity contribution in [3.8, 4) is 11.5 Å². The van der Waals surface area contributed by atoms with Gasteiger partial charge in [-0.1, -0.05) is 41.6 Å². The van der Waals surface area contributed by atoms with Crippen LogP contribution in [0.5, 0.6) is 11.5 Å². The van der Waals surface area contributed by atoms with Gasteiger partial charge in [0.2, 0.25) is 5.91 Å². The lowest BCUT2D eigenvalue weighted by Crippen LogP contribution is -2.43. The van der Waals surface area contributed by atoms with Gasteiger partial charge in [-0.25, -0.2) is 4.68 Å². The molecule has 4 heterocycles. The van der Waals surface area contributed by atoms with Crippen LogP contribution in [0.2, 0.25) is 0 Å². The summed E-state index contributed by atoms with van der Waals surface area (Å²) in [6.07, 6.45) is 12.7. The fourth-order valence-corrected chi connectivity index (χ4v) is 7.24. The van der Waals surface area contributed by atoms with E-state index in [9.17, 15) is 9.90 Å². The molecular formula is C34H40N6O4. The quantitative estimate of drug-likeness (QED) is 0.179.